The molecule has 1 atom stereocenters. The summed E-state index contributed by atoms with van der Waals surface area (Å²) in [5.74, 6) is 0. The van der Waals surface area contributed by atoms with E-state index in [-0.39, 0.29) is 10.0 Å². The van der Waals surface area contributed by atoms with Gasteiger partial charge in [-0.3, -0.25) is 0 Å². The fourth-order valence-electron chi connectivity index (χ4n) is 0.726. The van der Waals surface area contributed by atoms with Gasteiger partial charge in [0.2, 0.25) is 0 Å². The maximum atomic E-state index is 10.6. The average molecular weight is 230 g/mol. The first-order valence-electron chi connectivity index (χ1n) is 3.02. The van der Waals surface area contributed by atoms with E-state index in [1.54, 1.807) is 0 Å². The standard InChI is InChI=1S/C6H5AsNO4/c9-7(10)5-2-1-3-6(4-5)8(11)12/h1-4H,(H,9,10). The van der Waals surface area contributed by atoms with Crippen molar-refractivity contribution >= 4 is 25.0 Å². The molecule has 0 amide bonds. The third kappa shape index (κ3) is 1.96. The monoisotopic (exact) mass is 230 g/mol. The third-order valence-corrected chi connectivity index (χ3v) is 2.77. The number of rotatable bonds is 2. The Morgan fingerprint density at radius 2 is 2.17 bits per heavy atom. The second-order valence-electron chi connectivity index (χ2n) is 2.05. The Labute approximate surface area is 72.6 Å². The van der Waals surface area contributed by atoms with E-state index in [0.29, 0.717) is 0 Å². The van der Waals surface area contributed by atoms with Crippen molar-refractivity contribution in [1.29, 1.82) is 0 Å². The summed E-state index contributed by atoms with van der Waals surface area (Å²) in [6.45, 7) is 0. The number of nitrogens with zero attached hydrogens (tertiary/aromatic N) is 1. The molecule has 0 heterocycles. The molecule has 0 bridgehead atoms. The molecular weight excluding hydrogens is 225 g/mol. The van der Waals surface area contributed by atoms with Crippen LogP contribution in [0, 0.1) is 10.1 Å². The summed E-state index contributed by atoms with van der Waals surface area (Å²) in [4.78, 5) is 9.62. The molecule has 1 aromatic rings. The molecule has 1 rings (SSSR count). The molecule has 1 unspecified atom stereocenters. The fourth-order valence-corrected chi connectivity index (χ4v) is 1.68. The van der Waals surface area contributed by atoms with Gasteiger partial charge in [-0.05, 0) is 0 Å². The van der Waals surface area contributed by atoms with E-state index >= 15 is 0 Å². The molecular formula is C6H5AsNO4. The zero-order valence-corrected chi connectivity index (χ0v) is 7.75. The van der Waals surface area contributed by atoms with Gasteiger partial charge >= 0.3 is 72.1 Å². The Hall–Kier alpha value is -1.06. The van der Waals surface area contributed by atoms with Crippen molar-refractivity contribution < 1.29 is 12.8 Å². The maximum absolute atomic E-state index is 10.6. The van der Waals surface area contributed by atoms with Gasteiger partial charge in [-0.25, -0.2) is 0 Å². The van der Waals surface area contributed by atoms with Gasteiger partial charge in [-0.15, -0.1) is 0 Å². The molecule has 6 heteroatoms. The molecule has 0 aromatic heterocycles. The van der Waals surface area contributed by atoms with Gasteiger partial charge in [0.1, 0.15) is 0 Å². The quantitative estimate of drug-likeness (QED) is 0.430. The molecule has 1 radical (unpaired) electrons. The van der Waals surface area contributed by atoms with Crippen molar-refractivity contribution in [1.82, 2.24) is 0 Å². The van der Waals surface area contributed by atoms with E-state index < -0.39 is 19.9 Å². The zero-order chi connectivity index (χ0) is 9.14. The van der Waals surface area contributed by atoms with Gasteiger partial charge in [0.05, 0.1) is 0 Å². The molecule has 12 heavy (non-hydrogen) atoms. The summed E-state index contributed by atoms with van der Waals surface area (Å²) in [5, 5.41) is 10.2. The number of hydrogen-bond donors (Lipinski definition) is 1. The van der Waals surface area contributed by atoms with Crippen LogP contribution < -0.4 is 4.35 Å². The molecule has 1 aromatic carbocycles. The van der Waals surface area contributed by atoms with Crippen molar-refractivity contribution in [2.45, 2.75) is 0 Å². The van der Waals surface area contributed by atoms with Gasteiger partial charge in [0, 0.05) is 0 Å². The molecule has 0 spiro atoms. The molecule has 5 nitrogen and oxygen atoms in total. The van der Waals surface area contributed by atoms with E-state index in [1.807, 2.05) is 0 Å². The van der Waals surface area contributed by atoms with Crippen molar-refractivity contribution in [2.75, 3.05) is 0 Å². The molecule has 0 aliphatic carbocycles. The van der Waals surface area contributed by atoms with Gasteiger partial charge in [-0.2, -0.15) is 0 Å². The molecule has 0 saturated carbocycles. The molecule has 0 saturated heterocycles. The third-order valence-electron chi connectivity index (χ3n) is 1.26. The van der Waals surface area contributed by atoms with Crippen LogP contribution >= 0.6 is 0 Å². The molecule has 0 aliphatic heterocycles. The van der Waals surface area contributed by atoms with E-state index in [1.165, 1.54) is 18.2 Å². The van der Waals surface area contributed by atoms with Crippen molar-refractivity contribution in [3.8, 4) is 0 Å². The van der Waals surface area contributed by atoms with Crippen molar-refractivity contribution in [3.63, 3.8) is 0 Å². The minimum atomic E-state index is -3.21. The second-order valence-corrected chi connectivity index (χ2v) is 4.28. The van der Waals surface area contributed by atoms with E-state index in [4.69, 9.17) is 4.10 Å². The molecule has 0 aliphatic rings. The first-order valence-corrected chi connectivity index (χ1v) is 5.56. The van der Waals surface area contributed by atoms with Crippen LogP contribution in [0.5, 0.6) is 0 Å². The Bertz CT molecular complexity index is 309. The van der Waals surface area contributed by atoms with Crippen molar-refractivity contribution in [3.05, 3.63) is 34.4 Å². The van der Waals surface area contributed by atoms with E-state index in [0.717, 1.165) is 6.07 Å². The van der Waals surface area contributed by atoms with Gasteiger partial charge in [0.25, 0.3) is 0 Å². The summed E-state index contributed by atoms with van der Waals surface area (Å²) < 4.78 is 19.4. The molecule has 63 valence electrons. The van der Waals surface area contributed by atoms with Gasteiger partial charge in [-0.1, -0.05) is 0 Å². The van der Waals surface area contributed by atoms with Gasteiger partial charge in [0.15, 0.2) is 0 Å². The predicted molar refractivity (Wildman–Crippen MR) is 41.4 cm³/mol. The number of hydrogen-bond acceptors (Lipinski definition) is 3. The number of benzene rings is 1. The van der Waals surface area contributed by atoms with Crippen molar-refractivity contribution in [2.24, 2.45) is 0 Å². The Morgan fingerprint density at radius 1 is 1.50 bits per heavy atom. The van der Waals surface area contributed by atoms with Crippen LogP contribution in [0.2, 0.25) is 0 Å². The number of non-ortho nitro benzene ring substituents is 1. The van der Waals surface area contributed by atoms with Gasteiger partial charge < -0.3 is 0 Å². The first kappa shape index (κ1) is 9.03. The predicted octanol–water partition coefficient (Wildman–Crippen LogP) is -0.287. The number of nitro groups is 1. The van der Waals surface area contributed by atoms with Crippen LogP contribution in [-0.4, -0.2) is 24.0 Å². The molecule has 1 N–H and O–H groups in total. The first-order chi connectivity index (χ1) is 5.61. The van der Waals surface area contributed by atoms with E-state index in [9.17, 15) is 13.9 Å². The van der Waals surface area contributed by atoms with Crippen LogP contribution in [0.4, 0.5) is 5.69 Å². The summed E-state index contributed by atoms with van der Waals surface area (Å²) in [6.07, 6.45) is 0. The zero-order valence-electron chi connectivity index (χ0n) is 5.88. The van der Waals surface area contributed by atoms with Crippen LogP contribution in [0.25, 0.3) is 0 Å². The van der Waals surface area contributed by atoms with Crippen LogP contribution in [-0.2, 0) is 3.74 Å². The fraction of sp³-hybridized carbons (Fsp3) is 0. The Kier molecular flexibility index (Phi) is 2.68. The topological polar surface area (TPSA) is 80.4 Å². The normalized spacial score (nSPS) is 10.9. The second kappa shape index (κ2) is 3.56. The Morgan fingerprint density at radius 3 is 2.67 bits per heavy atom. The number of nitro benzene ring substituents is 1. The summed E-state index contributed by atoms with van der Waals surface area (Å²) in [6, 6.07) is 5.19. The van der Waals surface area contributed by atoms with Crippen LogP contribution in [0.1, 0.15) is 0 Å². The molecule has 0 fully saturated rings. The minimum absolute atomic E-state index is 0.150. The van der Waals surface area contributed by atoms with E-state index in [2.05, 4.69) is 0 Å². The SMILES string of the molecule is O=[N+]([O-])c1cccc([As](=O)O)c1. The van der Waals surface area contributed by atoms with Crippen LogP contribution in [0.15, 0.2) is 24.3 Å². The Balaban J connectivity index is 3.12. The van der Waals surface area contributed by atoms with Crippen LogP contribution in [0.3, 0.4) is 0 Å². The summed E-state index contributed by atoms with van der Waals surface area (Å²) >= 11 is -3.21. The summed E-state index contributed by atoms with van der Waals surface area (Å²) in [5.41, 5.74) is -0.156. The average Bonchev–Trinajstić information content (AvgIpc) is 2.04. The summed E-state index contributed by atoms with van der Waals surface area (Å²) in [7, 11) is 0.